The lowest BCUT2D eigenvalue weighted by atomic mass is 9.88. The number of carbonyl (C=O) groups is 2. The number of hydrogen-bond donors (Lipinski definition) is 1. The molecule has 0 spiro atoms. The largest absolute Gasteiger partial charge is 0.378 e. The summed E-state index contributed by atoms with van der Waals surface area (Å²) in [6.45, 7) is 6.53. The van der Waals surface area contributed by atoms with Crippen molar-refractivity contribution in [1.82, 2.24) is 15.1 Å². The zero-order chi connectivity index (χ0) is 19.4. The van der Waals surface area contributed by atoms with Gasteiger partial charge in [-0.2, -0.15) is 0 Å². The molecule has 2 heterocycles. The van der Waals surface area contributed by atoms with Gasteiger partial charge in [0.25, 0.3) is 0 Å². The van der Waals surface area contributed by atoms with Crippen LogP contribution in [0, 0.1) is 11.7 Å². The number of ether oxygens (including phenoxy) is 1. The number of amides is 3. The molecular formula is C20H28FN3O3. The van der Waals surface area contributed by atoms with Gasteiger partial charge < -0.3 is 19.9 Å². The molecule has 2 saturated heterocycles. The predicted molar refractivity (Wildman–Crippen MR) is 99.6 cm³/mol. The quantitative estimate of drug-likeness (QED) is 0.881. The van der Waals surface area contributed by atoms with Crippen LogP contribution >= 0.6 is 0 Å². The first-order chi connectivity index (χ1) is 13.0. The molecule has 0 bridgehead atoms. The van der Waals surface area contributed by atoms with Crippen LogP contribution in [0.1, 0.15) is 38.3 Å². The van der Waals surface area contributed by atoms with Crippen molar-refractivity contribution in [3.8, 4) is 0 Å². The van der Waals surface area contributed by atoms with E-state index in [2.05, 4.69) is 5.32 Å². The molecule has 2 atom stereocenters. The summed E-state index contributed by atoms with van der Waals surface area (Å²) in [4.78, 5) is 29.3. The Labute approximate surface area is 159 Å². The van der Waals surface area contributed by atoms with Crippen LogP contribution in [0.3, 0.4) is 0 Å². The van der Waals surface area contributed by atoms with Gasteiger partial charge in [0.2, 0.25) is 5.91 Å². The number of hydrogen-bond acceptors (Lipinski definition) is 3. The third-order valence-corrected chi connectivity index (χ3v) is 5.18. The van der Waals surface area contributed by atoms with Crippen LogP contribution in [0.4, 0.5) is 9.18 Å². The lowest BCUT2D eigenvalue weighted by Gasteiger charge is -2.41. The van der Waals surface area contributed by atoms with E-state index in [1.807, 2.05) is 18.7 Å². The minimum Gasteiger partial charge on any atom is -0.378 e. The molecule has 0 aliphatic carbocycles. The Morgan fingerprint density at radius 1 is 1.15 bits per heavy atom. The van der Waals surface area contributed by atoms with E-state index < -0.39 is 0 Å². The van der Waals surface area contributed by atoms with Crippen LogP contribution < -0.4 is 5.32 Å². The number of nitrogens with zero attached hydrogens (tertiary/aromatic N) is 2. The van der Waals surface area contributed by atoms with E-state index >= 15 is 0 Å². The SMILES string of the molecule is CC(C)NC(=O)N1C[C@@H](C(=O)N2CCOCC2)CC[C@@H]1c1ccc(F)cc1. The number of urea groups is 1. The second-order valence-corrected chi connectivity index (χ2v) is 7.54. The first-order valence-electron chi connectivity index (χ1n) is 9.65. The zero-order valence-corrected chi connectivity index (χ0v) is 16.0. The average Bonchev–Trinajstić information content (AvgIpc) is 2.68. The summed E-state index contributed by atoms with van der Waals surface area (Å²) in [7, 11) is 0. The molecule has 0 radical (unpaired) electrons. The Hall–Kier alpha value is -2.15. The smallest absolute Gasteiger partial charge is 0.318 e. The van der Waals surface area contributed by atoms with Gasteiger partial charge in [-0.3, -0.25) is 4.79 Å². The molecule has 2 aliphatic heterocycles. The predicted octanol–water partition coefficient (Wildman–Crippen LogP) is 2.56. The fraction of sp³-hybridized carbons (Fsp3) is 0.600. The first-order valence-corrected chi connectivity index (χ1v) is 9.65. The topological polar surface area (TPSA) is 61.9 Å². The summed E-state index contributed by atoms with van der Waals surface area (Å²) < 4.78 is 18.6. The lowest BCUT2D eigenvalue weighted by Crippen LogP contribution is -2.53. The van der Waals surface area contributed by atoms with Crippen molar-refractivity contribution < 1.29 is 18.7 Å². The molecule has 2 aliphatic rings. The summed E-state index contributed by atoms with van der Waals surface area (Å²) >= 11 is 0. The minimum atomic E-state index is -0.298. The number of piperidine rings is 1. The number of morpholine rings is 1. The van der Waals surface area contributed by atoms with Gasteiger partial charge >= 0.3 is 6.03 Å². The number of halogens is 1. The molecule has 7 heteroatoms. The molecule has 3 amide bonds. The molecule has 0 saturated carbocycles. The third kappa shape index (κ3) is 4.77. The molecule has 1 aromatic carbocycles. The third-order valence-electron chi connectivity index (χ3n) is 5.18. The average molecular weight is 377 g/mol. The van der Waals surface area contributed by atoms with E-state index in [4.69, 9.17) is 4.74 Å². The lowest BCUT2D eigenvalue weighted by molar-refractivity contribution is -0.141. The van der Waals surface area contributed by atoms with Crippen LogP contribution in [-0.2, 0) is 9.53 Å². The molecule has 6 nitrogen and oxygen atoms in total. The Morgan fingerprint density at radius 2 is 1.81 bits per heavy atom. The Bertz CT molecular complexity index is 659. The summed E-state index contributed by atoms with van der Waals surface area (Å²) in [5.41, 5.74) is 0.896. The highest BCUT2D eigenvalue weighted by Gasteiger charge is 2.37. The summed E-state index contributed by atoms with van der Waals surface area (Å²) in [5.74, 6) is -0.413. The highest BCUT2D eigenvalue weighted by molar-refractivity contribution is 5.81. The van der Waals surface area contributed by atoms with Gasteiger partial charge in [-0.1, -0.05) is 12.1 Å². The Kier molecular flexibility index (Phi) is 6.31. The fourth-order valence-electron chi connectivity index (χ4n) is 3.80. The highest BCUT2D eigenvalue weighted by atomic mass is 19.1. The maximum absolute atomic E-state index is 13.3. The van der Waals surface area contributed by atoms with E-state index in [1.165, 1.54) is 12.1 Å². The summed E-state index contributed by atoms with van der Waals surface area (Å²) in [5, 5.41) is 2.93. The van der Waals surface area contributed by atoms with Crippen molar-refractivity contribution in [2.45, 2.75) is 38.8 Å². The van der Waals surface area contributed by atoms with Gasteiger partial charge in [0.1, 0.15) is 5.82 Å². The van der Waals surface area contributed by atoms with Crippen LogP contribution in [-0.4, -0.2) is 60.6 Å². The van der Waals surface area contributed by atoms with E-state index in [-0.39, 0.29) is 35.8 Å². The van der Waals surface area contributed by atoms with Crippen molar-refractivity contribution in [1.29, 1.82) is 0 Å². The molecule has 27 heavy (non-hydrogen) atoms. The van der Waals surface area contributed by atoms with E-state index in [1.54, 1.807) is 17.0 Å². The number of benzene rings is 1. The molecule has 0 unspecified atom stereocenters. The van der Waals surface area contributed by atoms with Crippen LogP contribution in [0.25, 0.3) is 0 Å². The number of nitrogens with one attached hydrogen (secondary N) is 1. The van der Waals surface area contributed by atoms with Crippen molar-refractivity contribution in [2.75, 3.05) is 32.8 Å². The molecule has 1 N–H and O–H groups in total. The Balaban J connectivity index is 1.77. The maximum Gasteiger partial charge on any atom is 0.318 e. The highest BCUT2D eigenvalue weighted by Crippen LogP contribution is 2.34. The van der Waals surface area contributed by atoms with Crippen LogP contribution in [0.15, 0.2) is 24.3 Å². The van der Waals surface area contributed by atoms with Gasteiger partial charge in [-0.05, 0) is 44.4 Å². The van der Waals surface area contributed by atoms with E-state index in [0.29, 0.717) is 45.7 Å². The molecule has 148 valence electrons. The minimum absolute atomic E-state index is 0.00156. The second kappa shape index (κ2) is 8.69. The van der Waals surface area contributed by atoms with Crippen LogP contribution in [0.5, 0.6) is 0 Å². The standard InChI is InChI=1S/C20H28FN3O3/c1-14(2)22-20(26)24-13-16(19(25)23-9-11-27-12-10-23)5-8-18(24)15-3-6-17(21)7-4-15/h3-4,6-7,14,16,18H,5,8-13H2,1-2H3,(H,22,26)/t16-,18+/m0/s1. The molecule has 1 aromatic rings. The van der Waals surface area contributed by atoms with E-state index in [9.17, 15) is 14.0 Å². The summed E-state index contributed by atoms with van der Waals surface area (Å²) in [6, 6.07) is 5.94. The van der Waals surface area contributed by atoms with Crippen molar-refractivity contribution in [3.05, 3.63) is 35.6 Å². The van der Waals surface area contributed by atoms with Gasteiger partial charge in [-0.25, -0.2) is 9.18 Å². The van der Waals surface area contributed by atoms with Gasteiger partial charge in [0.15, 0.2) is 0 Å². The fourth-order valence-corrected chi connectivity index (χ4v) is 3.80. The second-order valence-electron chi connectivity index (χ2n) is 7.54. The molecule has 0 aromatic heterocycles. The van der Waals surface area contributed by atoms with Crippen molar-refractivity contribution in [3.63, 3.8) is 0 Å². The number of likely N-dealkylation sites (tertiary alicyclic amines) is 1. The monoisotopic (exact) mass is 377 g/mol. The van der Waals surface area contributed by atoms with Crippen molar-refractivity contribution >= 4 is 11.9 Å². The number of rotatable bonds is 3. The first kappa shape index (κ1) is 19.6. The molecule has 3 rings (SSSR count). The Morgan fingerprint density at radius 3 is 2.44 bits per heavy atom. The maximum atomic E-state index is 13.3. The van der Waals surface area contributed by atoms with Crippen molar-refractivity contribution in [2.24, 2.45) is 5.92 Å². The molecule has 2 fully saturated rings. The van der Waals surface area contributed by atoms with Gasteiger partial charge in [0.05, 0.1) is 25.2 Å². The number of carbonyl (C=O) groups excluding carboxylic acids is 2. The summed E-state index contributed by atoms with van der Waals surface area (Å²) in [6.07, 6.45) is 1.39. The van der Waals surface area contributed by atoms with Crippen LogP contribution in [0.2, 0.25) is 0 Å². The van der Waals surface area contributed by atoms with Gasteiger partial charge in [-0.15, -0.1) is 0 Å². The zero-order valence-electron chi connectivity index (χ0n) is 16.0. The van der Waals surface area contributed by atoms with Gasteiger partial charge in [0, 0.05) is 25.7 Å². The molecular weight excluding hydrogens is 349 g/mol. The normalized spacial score (nSPS) is 23.4. The van der Waals surface area contributed by atoms with E-state index in [0.717, 1.165) is 5.56 Å².